The van der Waals surface area contributed by atoms with E-state index in [9.17, 15) is 0 Å². The molecule has 2 atom stereocenters. The molecule has 0 bridgehead atoms. The minimum absolute atomic E-state index is 0.364. The van der Waals surface area contributed by atoms with Gasteiger partial charge in [-0.15, -0.1) is 0 Å². The number of rotatable bonds is 3. The van der Waals surface area contributed by atoms with Gasteiger partial charge in [-0.3, -0.25) is 0 Å². The van der Waals surface area contributed by atoms with Crippen molar-refractivity contribution >= 4 is 0 Å². The summed E-state index contributed by atoms with van der Waals surface area (Å²) in [6, 6.07) is 10.8. The predicted molar refractivity (Wildman–Crippen MR) is 63.6 cm³/mol. The lowest BCUT2D eigenvalue weighted by Gasteiger charge is -2.12. The predicted octanol–water partition coefficient (Wildman–Crippen LogP) is 1.53. The fourth-order valence-electron chi connectivity index (χ4n) is 2.21. The van der Waals surface area contributed by atoms with Crippen molar-refractivity contribution in [2.24, 2.45) is 5.73 Å². The van der Waals surface area contributed by atoms with Crippen LogP contribution in [0.3, 0.4) is 0 Å². The van der Waals surface area contributed by atoms with Crippen LogP contribution in [-0.2, 0) is 6.54 Å². The van der Waals surface area contributed by atoms with Gasteiger partial charge in [0.1, 0.15) is 0 Å². The smallest absolute Gasteiger partial charge is 0.0991 e. The summed E-state index contributed by atoms with van der Waals surface area (Å²) in [6.07, 6.45) is 3.35. The first-order valence-electron chi connectivity index (χ1n) is 5.76. The van der Waals surface area contributed by atoms with Crippen LogP contribution in [0.25, 0.3) is 0 Å². The number of benzene rings is 1. The molecule has 0 heterocycles. The minimum atomic E-state index is 0.364. The molecular formula is C13H17N3. The first kappa shape index (κ1) is 11.1. The lowest BCUT2D eigenvalue weighted by Crippen LogP contribution is -2.27. The van der Waals surface area contributed by atoms with Crippen molar-refractivity contribution in [3.63, 3.8) is 0 Å². The molecule has 0 radical (unpaired) electrons. The highest BCUT2D eigenvalue weighted by atomic mass is 14.9. The highest BCUT2D eigenvalue weighted by molar-refractivity contribution is 5.32. The standard InChI is InChI=1S/C13H17N3/c14-8-10-2-1-3-11(6-10)9-16-13-5-4-12(15)7-13/h1-3,6,12-13,16H,4-5,7,9,15H2. The zero-order chi connectivity index (χ0) is 11.4. The average molecular weight is 215 g/mol. The topological polar surface area (TPSA) is 61.8 Å². The molecule has 2 unspecified atom stereocenters. The van der Waals surface area contributed by atoms with Crippen LogP contribution in [0.15, 0.2) is 24.3 Å². The third-order valence-corrected chi connectivity index (χ3v) is 3.12. The molecule has 0 saturated heterocycles. The van der Waals surface area contributed by atoms with E-state index < -0.39 is 0 Å². The van der Waals surface area contributed by atoms with Gasteiger partial charge in [-0.25, -0.2) is 0 Å². The Kier molecular flexibility index (Phi) is 3.55. The van der Waals surface area contributed by atoms with Gasteiger partial charge in [0.25, 0.3) is 0 Å². The van der Waals surface area contributed by atoms with E-state index in [1.165, 1.54) is 12.0 Å². The van der Waals surface area contributed by atoms with Crippen LogP contribution in [0, 0.1) is 11.3 Å². The first-order chi connectivity index (χ1) is 7.78. The largest absolute Gasteiger partial charge is 0.328 e. The van der Waals surface area contributed by atoms with Crippen LogP contribution >= 0.6 is 0 Å². The maximum absolute atomic E-state index is 8.79. The highest BCUT2D eigenvalue weighted by Crippen LogP contribution is 2.17. The molecule has 2 rings (SSSR count). The van der Waals surface area contributed by atoms with Gasteiger partial charge in [-0.05, 0) is 37.0 Å². The van der Waals surface area contributed by atoms with Gasteiger partial charge >= 0.3 is 0 Å². The van der Waals surface area contributed by atoms with Crippen molar-refractivity contribution in [3.05, 3.63) is 35.4 Å². The Morgan fingerprint density at radius 1 is 1.44 bits per heavy atom. The van der Waals surface area contributed by atoms with Crippen LogP contribution in [0.5, 0.6) is 0 Å². The SMILES string of the molecule is N#Cc1cccc(CNC2CCC(N)C2)c1. The lowest BCUT2D eigenvalue weighted by atomic mass is 10.1. The Morgan fingerprint density at radius 3 is 3.00 bits per heavy atom. The molecule has 1 saturated carbocycles. The van der Waals surface area contributed by atoms with Crippen LogP contribution in [0.2, 0.25) is 0 Å². The number of hydrogen-bond acceptors (Lipinski definition) is 3. The molecule has 1 aliphatic carbocycles. The summed E-state index contributed by atoms with van der Waals surface area (Å²) >= 11 is 0. The number of nitriles is 1. The molecule has 1 aromatic carbocycles. The molecule has 0 aliphatic heterocycles. The second-order valence-corrected chi connectivity index (χ2v) is 4.46. The van der Waals surface area contributed by atoms with Crippen LogP contribution in [0.4, 0.5) is 0 Å². The summed E-state index contributed by atoms with van der Waals surface area (Å²) in [5.41, 5.74) is 7.75. The van der Waals surface area contributed by atoms with Gasteiger partial charge in [-0.1, -0.05) is 12.1 Å². The highest BCUT2D eigenvalue weighted by Gasteiger charge is 2.20. The Balaban J connectivity index is 1.87. The van der Waals surface area contributed by atoms with E-state index in [-0.39, 0.29) is 0 Å². The van der Waals surface area contributed by atoms with Crippen molar-refractivity contribution in [1.29, 1.82) is 5.26 Å². The van der Waals surface area contributed by atoms with Crippen molar-refractivity contribution in [2.75, 3.05) is 0 Å². The third-order valence-electron chi connectivity index (χ3n) is 3.12. The summed E-state index contributed by atoms with van der Waals surface area (Å²) in [6.45, 7) is 0.826. The number of hydrogen-bond donors (Lipinski definition) is 2. The fourth-order valence-corrected chi connectivity index (χ4v) is 2.21. The maximum Gasteiger partial charge on any atom is 0.0991 e. The Labute approximate surface area is 96.3 Å². The van der Waals surface area contributed by atoms with E-state index in [1.54, 1.807) is 0 Å². The van der Waals surface area contributed by atoms with Crippen molar-refractivity contribution in [3.8, 4) is 6.07 Å². The first-order valence-corrected chi connectivity index (χ1v) is 5.76. The Hall–Kier alpha value is -1.37. The van der Waals surface area contributed by atoms with Crippen LogP contribution < -0.4 is 11.1 Å². The van der Waals surface area contributed by atoms with E-state index in [0.717, 1.165) is 24.9 Å². The molecule has 3 heteroatoms. The normalized spacial score (nSPS) is 24.2. The summed E-state index contributed by atoms with van der Waals surface area (Å²) < 4.78 is 0. The summed E-state index contributed by atoms with van der Waals surface area (Å²) in [5, 5.41) is 12.3. The van der Waals surface area contributed by atoms with E-state index in [0.29, 0.717) is 12.1 Å². The molecule has 1 aliphatic rings. The van der Waals surface area contributed by atoms with E-state index in [1.807, 2.05) is 24.3 Å². The third kappa shape index (κ3) is 2.82. The molecule has 84 valence electrons. The van der Waals surface area contributed by atoms with E-state index in [2.05, 4.69) is 11.4 Å². The number of nitrogens with zero attached hydrogens (tertiary/aromatic N) is 1. The summed E-state index contributed by atoms with van der Waals surface area (Å²) in [5.74, 6) is 0. The zero-order valence-corrected chi connectivity index (χ0v) is 9.32. The van der Waals surface area contributed by atoms with Gasteiger partial charge < -0.3 is 11.1 Å². The number of nitrogens with two attached hydrogens (primary N) is 1. The van der Waals surface area contributed by atoms with Gasteiger partial charge in [0.2, 0.25) is 0 Å². The van der Waals surface area contributed by atoms with Crippen LogP contribution in [0.1, 0.15) is 30.4 Å². The molecular weight excluding hydrogens is 198 g/mol. The Bertz CT molecular complexity index is 394. The molecule has 3 N–H and O–H groups in total. The van der Waals surface area contributed by atoms with E-state index in [4.69, 9.17) is 11.0 Å². The monoisotopic (exact) mass is 215 g/mol. The van der Waals surface area contributed by atoms with E-state index >= 15 is 0 Å². The van der Waals surface area contributed by atoms with Gasteiger partial charge in [0, 0.05) is 18.6 Å². The summed E-state index contributed by atoms with van der Waals surface area (Å²) in [7, 11) is 0. The van der Waals surface area contributed by atoms with Crippen molar-refractivity contribution in [1.82, 2.24) is 5.32 Å². The quantitative estimate of drug-likeness (QED) is 0.803. The van der Waals surface area contributed by atoms with Gasteiger partial charge in [0.15, 0.2) is 0 Å². The van der Waals surface area contributed by atoms with Gasteiger partial charge in [-0.2, -0.15) is 5.26 Å². The van der Waals surface area contributed by atoms with Crippen molar-refractivity contribution < 1.29 is 0 Å². The molecule has 0 amide bonds. The second-order valence-electron chi connectivity index (χ2n) is 4.46. The molecule has 0 spiro atoms. The molecule has 1 fully saturated rings. The minimum Gasteiger partial charge on any atom is -0.328 e. The van der Waals surface area contributed by atoms with Gasteiger partial charge in [0.05, 0.1) is 11.6 Å². The summed E-state index contributed by atoms with van der Waals surface area (Å²) in [4.78, 5) is 0. The number of nitrogens with one attached hydrogen (secondary N) is 1. The maximum atomic E-state index is 8.79. The average Bonchev–Trinajstić information content (AvgIpc) is 2.73. The van der Waals surface area contributed by atoms with Crippen LogP contribution in [-0.4, -0.2) is 12.1 Å². The Morgan fingerprint density at radius 2 is 2.31 bits per heavy atom. The second kappa shape index (κ2) is 5.11. The molecule has 0 aromatic heterocycles. The van der Waals surface area contributed by atoms with Crippen molar-refractivity contribution in [2.45, 2.75) is 37.9 Å². The molecule has 1 aromatic rings. The fraction of sp³-hybridized carbons (Fsp3) is 0.462. The zero-order valence-electron chi connectivity index (χ0n) is 9.32. The molecule has 16 heavy (non-hydrogen) atoms. The lowest BCUT2D eigenvalue weighted by molar-refractivity contribution is 0.517. The molecule has 3 nitrogen and oxygen atoms in total.